The predicted octanol–water partition coefficient (Wildman–Crippen LogP) is 7.99. The summed E-state index contributed by atoms with van der Waals surface area (Å²) >= 11 is 0. The lowest BCUT2D eigenvalue weighted by molar-refractivity contribution is 0.0952. The smallest absolute Gasteiger partial charge is 0.251 e. The fourth-order valence-corrected chi connectivity index (χ4v) is 3.80. The van der Waals surface area contributed by atoms with Crippen molar-refractivity contribution in [3.63, 3.8) is 0 Å². The van der Waals surface area contributed by atoms with E-state index in [-0.39, 0.29) is 5.91 Å². The van der Waals surface area contributed by atoms with Crippen molar-refractivity contribution in [2.75, 3.05) is 6.54 Å². The number of benzene rings is 1. The Morgan fingerprint density at radius 3 is 1.57 bits per heavy atom. The van der Waals surface area contributed by atoms with Gasteiger partial charge in [-0.15, -0.1) is 0 Å². The number of amides is 1. The highest BCUT2D eigenvalue weighted by Gasteiger charge is 2.06. The van der Waals surface area contributed by atoms with E-state index < -0.39 is 0 Å². The molecule has 0 aromatic heterocycles. The number of aryl methyl sites for hydroxylation is 1. The van der Waals surface area contributed by atoms with Crippen LogP contribution in [0.25, 0.3) is 0 Å². The Balaban J connectivity index is 1.80. The number of rotatable bonds is 18. The van der Waals surface area contributed by atoms with Crippen molar-refractivity contribution >= 4 is 5.91 Å². The second kappa shape index (κ2) is 17.8. The minimum Gasteiger partial charge on any atom is -0.352 e. The van der Waals surface area contributed by atoms with Crippen LogP contribution in [0, 0.1) is 6.92 Å². The van der Waals surface area contributed by atoms with Crippen LogP contribution < -0.4 is 5.32 Å². The second-order valence-corrected chi connectivity index (χ2v) is 8.37. The molecule has 1 aromatic carbocycles. The van der Waals surface area contributed by atoms with Gasteiger partial charge in [-0.1, -0.05) is 121 Å². The average molecular weight is 388 g/mol. The number of carbonyl (C=O) groups is 1. The molecule has 0 bridgehead atoms. The maximum absolute atomic E-state index is 12.1. The Morgan fingerprint density at radius 2 is 1.11 bits per heavy atom. The molecule has 1 rings (SSSR count). The fourth-order valence-electron chi connectivity index (χ4n) is 3.80. The molecule has 0 aliphatic rings. The second-order valence-electron chi connectivity index (χ2n) is 8.37. The Labute approximate surface area is 174 Å². The largest absolute Gasteiger partial charge is 0.352 e. The Bertz CT molecular complexity index is 497. The Kier molecular flexibility index (Phi) is 15.7. The lowest BCUT2D eigenvalue weighted by Crippen LogP contribution is -2.25. The van der Waals surface area contributed by atoms with Gasteiger partial charge in [0.05, 0.1) is 0 Å². The van der Waals surface area contributed by atoms with Crippen molar-refractivity contribution in [2.45, 2.75) is 117 Å². The van der Waals surface area contributed by atoms with E-state index in [0.29, 0.717) is 0 Å². The van der Waals surface area contributed by atoms with Gasteiger partial charge in [0.2, 0.25) is 0 Å². The van der Waals surface area contributed by atoms with E-state index >= 15 is 0 Å². The van der Waals surface area contributed by atoms with Crippen LogP contribution in [0.5, 0.6) is 0 Å². The normalized spacial score (nSPS) is 10.9. The third-order valence-corrected chi connectivity index (χ3v) is 5.71. The summed E-state index contributed by atoms with van der Waals surface area (Å²) in [6.45, 7) is 5.07. The summed E-state index contributed by atoms with van der Waals surface area (Å²) in [5, 5.41) is 3.05. The molecule has 1 N–H and O–H groups in total. The van der Waals surface area contributed by atoms with E-state index in [1.54, 1.807) is 0 Å². The van der Waals surface area contributed by atoms with Gasteiger partial charge in [0.15, 0.2) is 0 Å². The van der Waals surface area contributed by atoms with Gasteiger partial charge in [-0.2, -0.15) is 0 Å². The van der Waals surface area contributed by atoms with Crippen molar-refractivity contribution in [1.29, 1.82) is 0 Å². The number of unbranched alkanes of at least 4 members (excludes halogenated alkanes) is 15. The molecule has 0 spiro atoms. The molecule has 0 radical (unpaired) electrons. The predicted molar refractivity (Wildman–Crippen MR) is 123 cm³/mol. The number of hydrogen-bond acceptors (Lipinski definition) is 1. The molecule has 1 amide bonds. The van der Waals surface area contributed by atoms with Crippen molar-refractivity contribution in [3.05, 3.63) is 35.4 Å². The third kappa shape index (κ3) is 13.0. The lowest BCUT2D eigenvalue weighted by atomic mass is 10.0. The summed E-state index contributed by atoms with van der Waals surface area (Å²) in [6.07, 6.45) is 22.0. The number of carbonyl (C=O) groups excluding carboxylic acids is 1. The molecular weight excluding hydrogens is 342 g/mol. The lowest BCUT2D eigenvalue weighted by Gasteiger charge is -2.07. The monoisotopic (exact) mass is 387 g/mol. The van der Waals surface area contributed by atoms with Gasteiger partial charge < -0.3 is 5.32 Å². The van der Waals surface area contributed by atoms with Crippen molar-refractivity contribution in [2.24, 2.45) is 0 Å². The summed E-state index contributed by atoms with van der Waals surface area (Å²) in [4.78, 5) is 12.1. The van der Waals surface area contributed by atoms with Gasteiger partial charge in [-0.3, -0.25) is 4.79 Å². The zero-order chi connectivity index (χ0) is 20.3. The van der Waals surface area contributed by atoms with E-state index in [4.69, 9.17) is 0 Å². The van der Waals surface area contributed by atoms with Gasteiger partial charge in [-0.25, -0.2) is 0 Å². The third-order valence-electron chi connectivity index (χ3n) is 5.71. The molecule has 0 fully saturated rings. The molecule has 28 heavy (non-hydrogen) atoms. The first-order chi connectivity index (χ1) is 13.8. The summed E-state index contributed by atoms with van der Waals surface area (Å²) in [5.41, 5.74) is 1.85. The Morgan fingerprint density at radius 1 is 0.679 bits per heavy atom. The van der Waals surface area contributed by atoms with Crippen molar-refractivity contribution in [3.8, 4) is 0 Å². The zero-order valence-electron chi connectivity index (χ0n) is 18.7. The molecule has 1 aromatic rings. The molecule has 0 aliphatic heterocycles. The van der Waals surface area contributed by atoms with Crippen LogP contribution in [0.15, 0.2) is 24.3 Å². The van der Waals surface area contributed by atoms with Gasteiger partial charge in [-0.05, 0) is 25.0 Å². The van der Waals surface area contributed by atoms with E-state index in [9.17, 15) is 4.79 Å². The highest BCUT2D eigenvalue weighted by atomic mass is 16.1. The molecule has 160 valence electrons. The highest BCUT2D eigenvalue weighted by Crippen LogP contribution is 2.13. The van der Waals surface area contributed by atoms with Crippen LogP contribution >= 0.6 is 0 Å². The zero-order valence-corrected chi connectivity index (χ0v) is 18.7. The maximum atomic E-state index is 12.1. The summed E-state index contributed by atoms with van der Waals surface area (Å²) in [6, 6.07) is 7.79. The van der Waals surface area contributed by atoms with Crippen LogP contribution in [0.3, 0.4) is 0 Å². The molecular formula is C26H45NO. The Hall–Kier alpha value is -1.31. The van der Waals surface area contributed by atoms with Gasteiger partial charge >= 0.3 is 0 Å². The summed E-state index contributed by atoms with van der Waals surface area (Å²) < 4.78 is 0. The highest BCUT2D eigenvalue weighted by molar-refractivity contribution is 5.95. The molecule has 2 heteroatoms. The maximum Gasteiger partial charge on any atom is 0.251 e. The summed E-state index contributed by atoms with van der Waals surface area (Å²) in [7, 11) is 0. The first-order valence-electron chi connectivity index (χ1n) is 12.1. The minimum atomic E-state index is 0.0686. The van der Waals surface area contributed by atoms with Gasteiger partial charge in [0, 0.05) is 12.1 Å². The molecule has 0 atom stereocenters. The number of nitrogens with one attached hydrogen (secondary N) is 1. The minimum absolute atomic E-state index is 0.0686. The molecule has 0 saturated heterocycles. The summed E-state index contributed by atoms with van der Waals surface area (Å²) in [5.74, 6) is 0.0686. The fraction of sp³-hybridized carbons (Fsp3) is 0.731. The van der Waals surface area contributed by atoms with Crippen molar-refractivity contribution in [1.82, 2.24) is 5.32 Å². The van der Waals surface area contributed by atoms with Gasteiger partial charge in [0.1, 0.15) is 0 Å². The van der Waals surface area contributed by atoms with Gasteiger partial charge in [0.25, 0.3) is 5.91 Å². The van der Waals surface area contributed by atoms with E-state index in [1.165, 1.54) is 96.3 Å². The van der Waals surface area contributed by atoms with E-state index in [2.05, 4.69) is 12.2 Å². The molecule has 0 saturated carbocycles. The van der Waals surface area contributed by atoms with Crippen LogP contribution in [0.2, 0.25) is 0 Å². The van der Waals surface area contributed by atoms with E-state index in [1.807, 2.05) is 31.2 Å². The average Bonchev–Trinajstić information content (AvgIpc) is 2.70. The first-order valence-corrected chi connectivity index (χ1v) is 12.1. The quantitative estimate of drug-likeness (QED) is 0.254. The van der Waals surface area contributed by atoms with E-state index in [0.717, 1.165) is 24.1 Å². The van der Waals surface area contributed by atoms with Crippen LogP contribution in [-0.4, -0.2) is 12.5 Å². The molecule has 2 nitrogen and oxygen atoms in total. The molecule has 0 aliphatic carbocycles. The standard InChI is InChI=1S/C26H45NO/c1-3-4-5-6-7-8-9-10-11-12-13-14-15-16-17-20-23-27-26(28)25-22-19-18-21-24(25)2/h18-19,21-22H,3-17,20,23H2,1-2H3,(H,27,28). The number of hydrogen-bond donors (Lipinski definition) is 1. The topological polar surface area (TPSA) is 29.1 Å². The van der Waals surface area contributed by atoms with Crippen molar-refractivity contribution < 1.29 is 4.79 Å². The molecule has 0 unspecified atom stereocenters. The van der Waals surface area contributed by atoms with Crippen LogP contribution in [0.4, 0.5) is 0 Å². The first kappa shape index (κ1) is 24.7. The molecule has 0 heterocycles. The SMILES string of the molecule is CCCCCCCCCCCCCCCCCCNC(=O)c1ccccc1C. The van der Waals surface area contributed by atoms with Crippen LogP contribution in [-0.2, 0) is 0 Å². The van der Waals surface area contributed by atoms with Crippen LogP contribution in [0.1, 0.15) is 126 Å².